The zero-order chi connectivity index (χ0) is 14.9. The van der Waals surface area contributed by atoms with Crippen molar-refractivity contribution in [2.45, 2.75) is 19.8 Å². The van der Waals surface area contributed by atoms with Gasteiger partial charge in [-0.3, -0.25) is 4.79 Å². The van der Waals surface area contributed by atoms with Gasteiger partial charge in [-0.2, -0.15) is 5.26 Å². The third-order valence-electron chi connectivity index (χ3n) is 2.92. The molecule has 0 saturated carbocycles. The topological polar surface area (TPSA) is 54.0 Å². The highest BCUT2D eigenvalue weighted by molar-refractivity contribution is 6.03. The number of hydrogen-bond donors (Lipinski definition) is 0. The lowest BCUT2D eigenvalue weighted by atomic mass is 9.92. The first kappa shape index (κ1) is 13.9. The molecule has 0 amide bonds. The zero-order valence-electron chi connectivity index (χ0n) is 10.9. The Kier molecular flexibility index (Phi) is 3.66. The van der Waals surface area contributed by atoms with E-state index in [2.05, 4.69) is 0 Å². The molecule has 0 aliphatic rings. The van der Waals surface area contributed by atoms with E-state index in [0.717, 1.165) is 12.1 Å². The van der Waals surface area contributed by atoms with Crippen LogP contribution in [0.25, 0.3) is 0 Å². The number of nitriles is 1. The van der Waals surface area contributed by atoms with Crippen molar-refractivity contribution in [3.05, 3.63) is 58.5 Å². The first-order valence-electron chi connectivity index (χ1n) is 5.89. The van der Waals surface area contributed by atoms with Crippen LogP contribution < -0.4 is 0 Å². The summed E-state index contributed by atoms with van der Waals surface area (Å²) in [7, 11) is 0. The SMILES string of the molecule is Cc1cc(C(=O)C(C#N)c2cc(F)cc(F)c2)c(C)o1. The van der Waals surface area contributed by atoms with Crippen molar-refractivity contribution in [2.24, 2.45) is 0 Å². The van der Waals surface area contributed by atoms with Crippen molar-refractivity contribution < 1.29 is 18.0 Å². The van der Waals surface area contributed by atoms with Gasteiger partial charge in [-0.15, -0.1) is 0 Å². The van der Waals surface area contributed by atoms with Gasteiger partial charge in [0.25, 0.3) is 0 Å². The monoisotopic (exact) mass is 275 g/mol. The van der Waals surface area contributed by atoms with Gasteiger partial charge >= 0.3 is 0 Å². The summed E-state index contributed by atoms with van der Waals surface area (Å²) in [6, 6.07) is 5.95. The molecule has 2 rings (SSSR count). The largest absolute Gasteiger partial charge is 0.466 e. The van der Waals surface area contributed by atoms with E-state index in [9.17, 15) is 13.6 Å². The van der Waals surface area contributed by atoms with Crippen LogP contribution in [0.15, 0.2) is 28.7 Å². The molecule has 0 aliphatic heterocycles. The summed E-state index contributed by atoms with van der Waals surface area (Å²) < 4.78 is 31.6. The molecule has 0 N–H and O–H groups in total. The molecule has 1 unspecified atom stereocenters. The van der Waals surface area contributed by atoms with Gasteiger partial charge in [-0.25, -0.2) is 8.78 Å². The normalized spacial score (nSPS) is 11.9. The highest BCUT2D eigenvalue weighted by Crippen LogP contribution is 2.25. The first-order valence-corrected chi connectivity index (χ1v) is 5.89. The van der Waals surface area contributed by atoms with Gasteiger partial charge < -0.3 is 4.42 Å². The Morgan fingerprint density at radius 2 is 1.80 bits per heavy atom. The zero-order valence-corrected chi connectivity index (χ0v) is 10.9. The molecule has 0 bridgehead atoms. The van der Waals surface area contributed by atoms with E-state index in [0.29, 0.717) is 17.6 Å². The van der Waals surface area contributed by atoms with Crippen LogP contribution in [0.4, 0.5) is 8.78 Å². The standard InChI is InChI=1S/C15H11F2NO2/c1-8-3-13(9(2)20-8)15(19)14(7-18)10-4-11(16)6-12(17)5-10/h3-6,14H,1-2H3. The predicted octanol–water partition coefficient (Wildman–Crippen LogP) is 3.66. The number of rotatable bonds is 3. The molecule has 102 valence electrons. The van der Waals surface area contributed by atoms with Gasteiger partial charge in [0, 0.05) is 6.07 Å². The fourth-order valence-corrected chi connectivity index (χ4v) is 2.06. The summed E-state index contributed by atoms with van der Waals surface area (Å²) in [5.41, 5.74) is 0.243. The van der Waals surface area contributed by atoms with E-state index in [-0.39, 0.29) is 11.1 Å². The lowest BCUT2D eigenvalue weighted by Gasteiger charge is -2.08. The molecule has 3 nitrogen and oxygen atoms in total. The summed E-state index contributed by atoms with van der Waals surface area (Å²) in [4.78, 5) is 12.3. The second kappa shape index (κ2) is 5.25. The lowest BCUT2D eigenvalue weighted by molar-refractivity contribution is 0.0977. The molecule has 1 aromatic carbocycles. The third-order valence-corrected chi connectivity index (χ3v) is 2.92. The molecule has 2 aromatic rings. The summed E-state index contributed by atoms with van der Waals surface area (Å²) in [5, 5.41) is 9.14. The van der Waals surface area contributed by atoms with Crippen molar-refractivity contribution in [1.29, 1.82) is 5.26 Å². The van der Waals surface area contributed by atoms with Crippen molar-refractivity contribution in [3.63, 3.8) is 0 Å². The average Bonchev–Trinajstić information content (AvgIpc) is 2.68. The van der Waals surface area contributed by atoms with Crippen LogP contribution in [-0.4, -0.2) is 5.78 Å². The fourth-order valence-electron chi connectivity index (χ4n) is 2.06. The van der Waals surface area contributed by atoms with Crippen LogP contribution in [-0.2, 0) is 0 Å². The van der Waals surface area contributed by atoms with Gasteiger partial charge in [-0.1, -0.05) is 0 Å². The van der Waals surface area contributed by atoms with Crippen LogP contribution in [0.3, 0.4) is 0 Å². The molecule has 1 aromatic heterocycles. The Morgan fingerprint density at radius 3 is 2.25 bits per heavy atom. The van der Waals surface area contributed by atoms with Crippen LogP contribution >= 0.6 is 0 Å². The molecule has 0 spiro atoms. The summed E-state index contributed by atoms with van der Waals surface area (Å²) in [6.45, 7) is 3.27. The van der Waals surface area contributed by atoms with Crippen LogP contribution in [0.5, 0.6) is 0 Å². The number of carbonyl (C=O) groups excluding carboxylic acids is 1. The number of carbonyl (C=O) groups is 1. The molecular weight excluding hydrogens is 264 g/mol. The van der Waals surface area contributed by atoms with Crippen LogP contribution in [0.2, 0.25) is 0 Å². The van der Waals surface area contributed by atoms with Gasteiger partial charge in [0.15, 0.2) is 5.78 Å². The minimum Gasteiger partial charge on any atom is -0.466 e. The molecule has 0 aliphatic carbocycles. The molecule has 5 heteroatoms. The number of hydrogen-bond acceptors (Lipinski definition) is 3. The Bertz CT molecular complexity index is 693. The number of halogens is 2. The summed E-state index contributed by atoms with van der Waals surface area (Å²) in [6.07, 6.45) is 0. The number of aryl methyl sites for hydroxylation is 2. The Balaban J connectivity index is 2.45. The predicted molar refractivity (Wildman–Crippen MR) is 67.2 cm³/mol. The number of furan rings is 1. The van der Waals surface area contributed by atoms with Crippen molar-refractivity contribution >= 4 is 5.78 Å². The van der Waals surface area contributed by atoms with Gasteiger partial charge in [0.05, 0.1) is 11.6 Å². The van der Waals surface area contributed by atoms with E-state index in [1.807, 2.05) is 0 Å². The number of nitrogens with zero attached hydrogens (tertiary/aromatic N) is 1. The number of Topliss-reactive ketones (excluding diaryl/α,β-unsaturated/α-hetero) is 1. The van der Waals surface area contributed by atoms with Crippen molar-refractivity contribution in [1.82, 2.24) is 0 Å². The smallest absolute Gasteiger partial charge is 0.187 e. The highest BCUT2D eigenvalue weighted by atomic mass is 19.1. The third kappa shape index (κ3) is 2.59. The van der Waals surface area contributed by atoms with Crippen molar-refractivity contribution in [2.75, 3.05) is 0 Å². The average molecular weight is 275 g/mol. The maximum Gasteiger partial charge on any atom is 0.187 e. The first-order chi connectivity index (χ1) is 9.42. The fraction of sp³-hybridized carbons (Fsp3) is 0.200. The molecule has 1 heterocycles. The number of ketones is 1. The maximum atomic E-state index is 13.2. The van der Waals surface area contributed by atoms with E-state index in [4.69, 9.17) is 9.68 Å². The maximum absolute atomic E-state index is 13.2. The molecule has 0 saturated heterocycles. The summed E-state index contributed by atoms with van der Waals surface area (Å²) in [5.74, 6) is -2.54. The van der Waals surface area contributed by atoms with Crippen LogP contribution in [0, 0.1) is 36.8 Å². The minimum atomic E-state index is -1.27. The van der Waals surface area contributed by atoms with E-state index in [1.54, 1.807) is 19.9 Å². The molecule has 20 heavy (non-hydrogen) atoms. The molecule has 0 fully saturated rings. The van der Waals surface area contributed by atoms with E-state index in [1.165, 1.54) is 6.07 Å². The van der Waals surface area contributed by atoms with Gasteiger partial charge in [-0.05, 0) is 37.6 Å². The quantitative estimate of drug-likeness (QED) is 0.803. The van der Waals surface area contributed by atoms with Gasteiger partial charge in [0.2, 0.25) is 0 Å². The number of benzene rings is 1. The second-order valence-electron chi connectivity index (χ2n) is 4.46. The minimum absolute atomic E-state index is 0.00625. The van der Waals surface area contributed by atoms with Crippen molar-refractivity contribution in [3.8, 4) is 6.07 Å². The van der Waals surface area contributed by atoms with E-state index < -0.39 is 23.3 Å². The Labute approximate surface area is 114 Å². The second-order valence-corrected chi connectivity index (χ2v) is 4.46. The molecule has 1 atom stereocenters. The molecular formula is C15H11F2NO2. The van der Waals surface area contributed by atoms with Crippen LogP contribution in [0.1, 0.15) is 33.4 Å². The Morgan fingerprint density at radius 1 is 1.20 bits per heavy atom. The highest BCUT2D eigenvalue weighted by Gasteiger charge is 2.26. The Hall–Kier alpha value is -2.48. The molecule has 0 radical (unpaired) electrons. The van der Waals surface area contributed by atoms with E-state index >= 15 is 0 Å². The van der Waals surface area contributed by atoms with Gasteiger partial charge in [0.1, 0.15) is 29.1 Å². The summed E-state index contributed by atoms with van der Waals surface area (Å²) >= 11 is 0. The lowest BCUT2D eigenvalue weighted by Crippen LogP contribution is -2.12.